The van der Waals surface area contributed by atoms with Gasteiger partial charge in [0.15, 0.2) is 6.30 Å². The van der Waals surface area contributed by atoms with Gasteiger partial charge in [0.1, 0.15) is 18.0 Å². The van der Waals surface area contributed by atoms with Gasteiger partial charge in [-0.3, -0.25) is 9.47 Å². The van der Waals surface area contributed by atoms with E-state index < -0.39 is 49.1 Å². The fraction of sp³-hybridized carbons (Fsp3) is 0.484. The van der Waals surface area contributed by atoms with Crippen LogP contribution in [-0.4, -0.2) is 67.0 Å². The molecule has 8 nitrogen and oxygen atoms in total. The molecule has 1 aliphatic rings. The Balaban J connectivity index is 1.76. The second-order valence-electron chi connectivity index (χ2n) is 11.3. The number of carbonyl (C=O) groups is 2. The second-order valence-corrected chi connectivity index (χ2v) is 11.3. The van der Waals surface area contributed by atoms with Gasteiger partial charge in [-0.25, -0.2) is 22.8 Å². The maximum Gasteiger partial charge on any atom is 0.419 e. The van der Waals surface area contributed by atoms with Crippen LogP contribution in [0.25, 0.3) is 10.9 Å². The Bertz CT molecular complexity index is 1420. The molecule has 228 valence electrons. The first-order valence-electron chi connectivity index (χ1n) is 13.7. The molecule has 0 amide bonds. The SMILES string of the molecule is COC(=O)c1ccc([C@@H]2C[C@@H](OCC(F)F)CCN2C(F)c2c(OC)cc(C)c3c2ccn3C(=O)OC(C)(C)C)cc1. The Morgan fingerprint density at radius 2 is 1.76 bits per heavy atom. The van der Waals surface area contributed by atoms with E-state index in [2.05, 4.69) is 0 Å². The van der Waals surface area contributed by atoms with E-state index in [1.165, 1.54) is 18.8 Å². The number of methoxy groups -OCH3 is 2. The lowest BCUT2D eigenvalue weighted by Crippen LogP contribution is -2.41. The van der Waals surface area contributed by atoms with E-state index in [4.69, 9.17) is 18.9 Å². The molecule has 0 spiro atoms. The van der Waals surface area contributed by atoms with Crippen molar-refractivity contribution in [1.82, 2.24) is 9.47 Å². The number of fused-ring (bicyclic) bond motifs is 1. The highest BCUT2D eigenvalue weighted by atomic mass is 19.3. The summed E-state index contributed by atoms with van der Waals surface area (Å²) in [5.74, 6) is -0.199. The number of halogens is 3. The Morgan fingerprint density at radius 3 is 2.36 bits per heavy atom. The van der Waals surface area contributed by atoms with E-state index in [1.807, 2.05) is 0 Å². The van der Waals surface area contributed by atoms with Crippen LogP contribution in [0.4, 0.5) is 18.0 Å². The van der Waals surface area contributed by atoms with Crippen LogP contribution >= 0.6 is 0 Å². The first-order valence-corrected chi connectivity index (χ1v) is 13.7. The lowest BCUT2D eigenvalue weighted by molar-refractivity contribution is -0.0805. The molecule has 2 heterocycles. The lowest BCUT2D eigenvalue weighted by atomic mass is 9.91. The average Bonchev–Trinajstić information content (AvgIpc) is 3.40. The zero-order valence-corrected chi connectivity index (χ0v) is 24.7. The summed E-state index contributed by atoms with van der Waals surface area (Å²) < 4.78 is 65.6. The average molecular weight is 591 g/mol. The van der Waals surface area contributed by atoms with Gasteiger partial charge in [0, 0.05) is 24.2 Å². The maximum atomic E-state index is 16.9. The third kappa shape index (κ3) is 6.73. The van der Waals surface area contributed by atoms with Crippen molar-refractivity contribution in [2.45, 2.75) is 71.0 Å². The van der Waals surface area contributed by atoms with Crippen molar-refractivity contribution >= 4 is 23.0 Å². The van der Waals surface area contributed by atoms with Gasteiger partial charge in [-0.2, -0.15) is 0 Å². The van der Waals surface area contributed by atoms with Gasteiger partial charge in [0.25, 0.3) is 6.43 Å². The number of aromatic nitrogens is 1. The highest BCUT2D eigenvalue weighted by molar-refractivity contribution is 5.95. The number of esters is 1. The van der Waals surface area contributed by atoms with Crippen molar-refractivity contribution in [2.24, 2.45) is 0 Å². The van der Waals surface area contributed by atoms with Crippen molar-refractivity contribution in [3.8, 4) is 5.75 Å². The summed E-state index contributed by atoms with van der Waals surface area (Å²) in [5, 5.41) is 0.487. The molecule has 0 aliphatic carbocycles. The summed E-state index contributed by atoms with van der Waals surface area (Å²) in [6, 6.07) is 9.35. The number of rotatable bonds is 8. The lowest BCUT2D eigenvalue weighted by Gasteiger charge is -2.41. The number of hydrogen-bond donors (Lipinski definition) is 0. The molecule has 4 rings (SSSR count). The molecule has 2 aromatic carbocycles. The molecule has 42 heavy (non-hydrogen) atoms. The Hall–Kier alpha value is -3.57. The molecule has 3 aromatic rings. The molecule has 0 N–H and O–H groups in total. The number of ether oxygens (including phenoxy) is 4. The molecule has 11 heteroatoms. The van der Waals surface area contributed by atoms with E-state index in [1.54, 1.807) is 75.2 Å². The van der Waals surface area contributed by atoms with Gasteiger partial charge >= 0.3 is 12.1 Å². The van der Waals surface area contributed by atoms with Crippen LogP contribution in [-0.2, 0) is 14.2 Å². The van der Waals surface area contributed by atoms with Crippen LogP contribution in [0.15, 0.2) is 42.6 Å². The topological polar surface area (TPSA) is 79.2 Å². The predicted octanol–water partition coefficient (Wildman–Crippen LogP) is 6.98. The number of aryl methyl sites for hydroxylation is 1. The molecule has 1 aromatic heterocycles. The van der Waals surface area contributed by atoms with Crippen molar-refractivity contribution in [3.05, 3.63) is 64.8 Å². The van der Waals surface area contributed by atoms with E-state index in [0.29, 0.717) is 39.8 Å². The van der Waals surface area contributed by atoms with Gasteiger partial charge in [0.05, 0.1) is 37.0 Å². The summed E-state index contributed by atoms with van der Waals surface area (Å²) >= 11 is 0. The van der Waals surface area contributed by atoms with E-state index in [-0.39, 0.29) is 18.5 Å². The standard InChI is InChI=1S/C31H37F3N2O6/c1-18-15-24(39-5)26(22-12-14-36(27(18)22)30(38)42-31(2,3)4)28(34)35-13-11-21(41-17-25(32)33)16-23(35)19-7-9-20(10-8-19)29(37)40-6/h7-10,12,14-15,21,23,25,28H,11,13,16-17H2,1-6H3/t21-,23-,28?/m0/s1. The highest BCUT2D eigenvalue weighted by Crippen LogP contribution is 2.45. The number of hydrogen-bond acceptors (Lipinski definition) is 7. The van der Waals surface area contributed by atoms with Gasteiger partial charge in [-0.05, 0) is 75.9 Å². The zero-order valence-electron chi connectivity index (χ0n) is 24.7. The van der Waals surface area contributed by atoms with Crippen LogP contribution in [0.3, 0.4) is 0 Å². The second kappa shape index (κ2) is 12.7. The molecule has 1 unspecified atom stereocenters. The van der Waals surface area contributed by atoms with E-state index in [0.717, 1.165) is 0 Å². The zero-order chi connectivity index (χ0) is 30.8. The summed E-state index contributed by atoms with van der Waals surface area (Å²) in [5.41, 5.74) is 1.72. The fourth-order valence-electron chi connectivity index (χ4n) is 5.44. The summed E-state index contributed by atoms with van der Waals surface area (Å²) in [4.78, 5) is 26.6. The molecule has 3 atom stereocenters. The first kappa shape index (κ1) is 31.4. The molecule has 1 saturated heterocycles. The maximum absolute atomic E-state index is 16.9. The fourth-order valence-corrected chi connectivity index (χ4v) is 5.44. The van der Waals surface area contributed by atoms with Crippen molar-refractivity contribution in [3.63, 3.8) is 0 Å². The van der Waals surface area contributed by atoms with Gasteiger partial charge in [-0.1, -0.05) is 12.1 Å². The van der Waals surface area contributed by atoms with E-state index in [9.17, 15) is 18.4 Å². The Labute approximate surface area is 243 Å². The number of benzene rings is 2. The Morgan fingerprint density at radius 1 is 1.07 bits per heavy atom. The van der Waals surface area contributed by atoms with Crippen LogP contribution in [0.1, 0.15) is 73.0 Å². The molecular weight excluding hydrogens is 553 g/mol. The molecule has 0 bridgehead atoms. The molecule has 0 radical (unpaired) electrons. The third-order valence-corrected chi connectivity index (χ3v) is 7.27. The number of likely N-dealkylation sites (tertiary alicyclic amines) is 1. The van der Waals surface area contributed by atoms with Crippen LogP contribution in [0.2, 0.25) is 0 Å². The predicted molar refractivity (Wildman–Crippen MR) is 151 cm³/mol. The first-order chi connectivity index (χ1) is 19.8. The van der Waals surface area contributed by atoms with Crippen molar-refractivity contribution in [2.75, 3.05) is 27.4 Å². The van der Waals surface area contributed by atoms with Gasteiger partial charge in [-0.15, -0.1) is 0 Å². The van der Waals surface area contributed by atoms with Gasteiger partial charge < -0.3 is 18.9 Å². The van der Waals surface area contributed by atoms with Crippen molar-refractivity contribution < 1.29 is 41.7 Å². The largest absolute Gasteiger partial charge is 0.496 e. The normalized spacial score (nSPS) is 18.7. The number of alkyl halides is 3. The molecule has 1 fully saturated rings. The minimum absolute atomic E-state index is 0.198. The molecule has 1 aliphatic heterocycles. The quantitative estimate of drug-likeness (QED) is 0.207. The van der Waals surface area contributed by atoms with Crippen molar-refractivity contribution in [1.29, 1.82) is 0 Å². The monoisotopic (exact) mass is 590 g/mol. The Kier molecular flexibility index (Phi) is 9.52. The van der Waals surface area contributed by atoms with Crippen LogP contribution < -0.4 is 4.74 Å². The van der Waals surface area contributed by atoms with Crippen LogP contribution in [0.5, 0.6) is 5.75 Å². The van der Waals surface area contributed by atoms with Crippen LogP contribution in [0, 0.1) is 6.92 Å². The van der Waals surface area contributed by atoms with Gasteiger partial charge in [0.2, 0.25) is 0 Å². The highest BCUT2D eigenvalue weighted by Gasteiger charge is 2.38. The number of piperidine rings is 1. The summed E-state index contributed by atoms with van der Waals surface area (Å²) in [6.07, 6.45) is -3.28. The summed E-state index contributed by atoms with van der Waals surface area (Å²) in [6.45, 7) is 6.60. The number of nitrogens with zero attached hydrogens (tertiary/aromatic N) is 2. The minimum atomic E-state index is -2.62. The smallest absolute Gasteiger partial charge is 0.419 e. The summed E-state index contributed by atoms with van der Waals surface area (Å²) in [7, 11) is 2.73. The number of carbonyl (C=O) groups excluding carboxylic acids is 2. The molecule has 0 saturated carbocycles. The third-order valence-electron chi connectivity index (χ3n) is 7.27. The molecular formula is C31H37F3N2O6. The van der Waals surface area contributed by atoms with E-state index >= 15 is 4.39 Å². The minimum Gasteiger partial charge on any atom is -0.496 e.